The van der Waals surface area contributed by atoms with Gasteiger partial charge in [-0.3, -0.25) is 4.79 Å². The van der Waals surface area contributed by atoms with E-state index in [1.165, 1.54) is 6.20 Å². The van der Waals surface area contributed by atoms with Crippen molar-refractivity contribution in [2.45, 2.75) is 24.5 Å². The number of hydrogen-bond acceptors (Lipinski definition) is 7. The van der Waals surface area contributed by atoms with Gasteiger partial charge in [-0.2, -0.15) is 0 Å². The predicted octanol–water partition coefficient (Wildman–Crippen LogP) is -3.01. The zero-order valence-corrected chi connectivity index (χ0v) is 8.67. The maximum absolute atomic E-state index is 10.8. The van der Waals surface area contributed by atoms with Crippen LogP contribution >= 0.6 is 0 Å². The molecule has 9 heteroatoms. The summed E-state index contributed by atoms with van der Waals surface area (Å²) in [7, 11) is 0. The standard InChI is InChI=1S/C8H12N4O5/c9-7(16)3-1-12(11-10-3)8-6(15)5(14)4(2-13)17-8/h1,4-6,8,13-15H,2H2,(H2,9,16)/t4-,5-,6-,8-/m1/s1. The van der Waals surface area contributed by atoms with Gasteiger partial charge < -0.3 is 25.8 Å². The van der Waals surface area contributed by atoms with Crippen molar-refractivity contribution in [1.82, 2.24) is 15.0 Å². The first-order chi connectivity index (χ1) is 8.04. The molecule has 1 aliphatic heterocycles. The van der Waals surface area contributed by atoms with Gasteiger partial charge in [0.1, 0.15) is 18.3 Å². The molecule has 0 aromatic carbocycles. The Labute approximate surface area is 95.4 Å². The second-order valence-corrected chi connectivity index (χ2v) is 3.68. The smallest absolute Gasteiger partial charge is 0.270 e. The van der Waals surface area contributed by atoms with Crippen LogP contribution in [-0.4, -0.2) is 61.1 Å². The van der Waals surface area contributed by atoms with E-state index in [4.69, 9.17) is 15.6 Å². The van der Waals surface area contributed by atoms with Crippen molar-refractivity contribution in [2.24, 2.45) is 5.73 Å². The molecule has 0 radical (unpaired) electrons. The summed E-state index contributed by atoms with van der Waals surface area (Å²) in [5.41, 5.74) is 4.91. The van der Waals surface area contributed by atoms with E-state index >= 15 is 0 Å². The van der Waals surface area contributed by atoms with Crippen LogP contribution in [0, 0.1) is 0 Å². The SMILES string of the molecule is NC(=O)c1cn([C@@H]2O[C@H](CO)[C@@H](O)[C@H]2O)nn1. The third-order valence-electron chi connectivity index (χ3n) is 2.54. The molecule has 4 atom stereocenters. The monoisotopic (exact) mass is 244 g/mol. The summed E-state index contributed by atoms with van der Waals surface area (Å²) in [5, 5.41) is 35.1. The Morgan fingerprint density at radius 1 is 1.53 bits per heavy atom. The summed E-state index contributed by atoms with van der Waals surface area (Å²) in [6, 6.07) is 0. The Bertz CT molecular complexity index is 422. The van der Waals surface area contributed by atoms with Crippen LogP contribution in [0.15, 0.2) is 6.20 Å². The minimum Gasteiger partial charge on any atom is -0.394 e. The van der Waals surface area contributed by atoms with E-state index in [0.29, 0.717) is 0 Å². The number of nitrogens with zero attached hydrogens (tertiary/aromatic N) is 3. The van der Waals surface area contributed by atoms with E-state index in [0.717, 1.165) is 4.68 Å². The van der Waals surface area contributed by atoms with Crippen molar-refractivity contribution in [3.63, 3.8) is 0 Å². The minimum absolute atomic E-state index is 0.0808. The van der Waals surface area contributed by atoms with Crippen LogP contribution in [-0.2, 0) is 4.74 Å². The Morgan fingerprint density at radius 3 is 2.71 bits per heavy atom. The fourth-order valence-electron chi connectivity index (χ4n) is 1.61. The number of hydrogen-bond donors (Lipinski definition) is 4. The van der Waals surface area contributed by atoms with Crippen molar-refractivity contribution >= 4 is 5.91 Å². The van der Waals surface area contributed by atoms with Crippen molar-refractivity contribution in [3.05, 3.63) is 11.9 Å². The highest BCUT2D eigenvalue weighted by Crippen LogP contribution is 2.28. The van der Waals surface area contributed by atoms with Crippen molar-refractivity contribution in [3.8, 4) is 0 Å². The third-order valence-corrected chi connectivity index (χ3v) is 2.54. The van der Waals surface area contributed by atoms with Crippen molar-refractivity contribution < 1.29 is 24.9 Å². The van der Waals surface area contributed by atoms with Gasteiger partial charge in [0.2, 0.25) is 0 Å². The molecule has 0 spiro atoms. The van der Waals surface area contributed by atoms with E-state index in [1.807, 2.05) is 0 Å². The van der Waals surface area contributed by atoms with Gasteiger partial charge in [0.25, 0.3) is 5.91 Å². The first-order valence-corrected chi connectivity index (χ1v) is 4.88. The lowest BCUT2D eigenvalue weighted by Gasteiger charge is -2.13. The van der Waals surface area contributed by atoms with Crippen LogP contribution in [0.1, 0.15) is 16.7 Å². The van der Waals surface area contributed by atoms with E-state index in [1.54, 1.807) is 0 Å². The number of aliphatic hydroxyl groups excluding tert-OH is 3. The molecule has 1 aromatic heterocycles. The number of rotatable bonds is 3. The summed E-state index contributed by atoms with van der Waals surface area (Å²) in [4.78, 5) is 10.8. The Balaban J connectivity index is 2.19. The number of primary amides is 1. The Kier molecular flexibility index (Phi) is 3.07. The lowest BCUT2D eigenvalue weighted by Crippen LogP contribution is -2.33. The first-order valence-electron chi connectivity index (χ1n) is 4.88. The minimum atomic E-state index is -1.27. The molecule has 1 aromatic rings. The molecule has 9 nitrogen and oxygen atoms in total. The van der Waals surface area contributed by atoms with Gasteiger partial charge in [0, 0.05) is 0 Å². The molecule has 1 saturated heterocycles. The van der Waals surface area contributed by atoms with Crippen LogP contribution in [0.2, 0.25) is 0 Å². The van der Waals surface area contributed by atoms with E-state index in [-0.39, 0.29) is 5.69 Å². The molecule has 1 amide bonds. The second kappa shape index (κ2) is 4.37. The quantitative estimate of drug-likeness (QED) is 0.443. The molecule has 1 aliphatic rings. The highest BCUT2D eigenvalue weighted by molar-refractivity contribution is 5.90. The first kappa shape index (κ1) is 11.9. The topological polar surface area (TPSA) is 144 Å². The van der Waals surface area contributed by atoms with Crippen LogP contribution in [0.25, 0.3) is 0 Å². The van der Waals surface area contributed by atoms with Gasteiger partial charge in [-0.05, 0) is 0 Å². The molecule has 2 rings (SSSR count). The summed E-state index contributed by atoms with van der Waals surface area (Å²) in [6.45, 7) is -0.438. The van der Waals surface area contributed by atoms with Crippen LogP contribution in [0.5, 0.6) is 0 Å². The lowest BCUT2D eigenvalue weighted by atomic mass is 10.1. The van der Waals surface area contributed by atoms with Gasteiger partial charge >= 0.3 is 0 Å². The number of ether oxygens (including phenoxy) is 1. The molecule has 0 aliphatic carbocycles. The molecule has 17 heavy (non-hydrogen) atoms. The summed E-state index contributed by atoms with van der Waals surface area (Å²) in [5.74, 6) is -0.761. The van der Waals surface area contributed by atoms with Gasteiger partial charge in [-0.15, -0.1) is 5.10 Å². The molecule has 5 N–H and O–H groups in total. The van der Waals surface area contributed by atoms with Gasteiger partial charge in [-0.1, -0.05) is 5.21 Å². The van der Waals surface area contributed by atoms with Crippen LogP contribution < -0.4 is 5.73 Å². The summed E-state index contributed by atoms with van der Waals surface area (Å²) in [6.07, 6.45) is -3.22. The second-order valence-electron chi connectivity index (χ2n) is 3.68. The number of carbonyl (C=O) groups is 1. The van der Waals surface area contributed by atoms with E-state index in [9.17, 15) is 15.0 Å². The average molecular weight is 244 g/mol. The Hall–Kier alpha value is -1.55. The molecule has 94 valence electrons. The number of aromatic nitrogens is 3. The predicted molar refractivity (Wildman–Crippen MR) is 51.5 cm³/mol. The summed E-state index contributed by atoms with van der Waals surface area (Å²) >= 11 is 0. The number of nitrogens with two attached hydrogens (primary N) is 1. The largest absolute Gasteiger partial charge is 0.394 e. The number of carbonyl (C=O) groups excluding carboxylic acids is 1. The van der Waals surface area contributed by atoms with Crippen LogP contribution in [0.4, 0.5) is 0 Å². The summed E-state index contributed by atoms with van der Waals surface area (Å²) < 4.78 is 6.25. The average Bonchev–Trinajstić information content (AvgIpc) is 2.87. The van der Waals surface area contributed by atoms with Gasteiger partial charge in [0.05, 0.1) is 12.8 Å². The lowest BCUT2D eigenvalue weighted by molar-refractivity contribution is -0.0594. The highest BCUT2D eigenvalue weighted by Gasteiger charge is 2.44. The maximum atomic E-state index is 10.8. The zero-order valence-electron chi connectivity index (χ0n) is 8.67. The fourth-order valence-corrected chi connectivity index (χ4v) is 1.61. The highest BCUT2D eigenvalue weighted by atomic mass is 16.6. The van der Waals surface area contributed by atoms with E-state index < -0.39 is 37.1 Å². The number of aliphatic hydroxyl groups is 3. The molecule has 0 bridgehead atoms. The maximum Gasteiger partial charge on any atom is 0.270 e. The molecular weight excluding hydrogens is 232 g/mol. The molecule has 1 fully saturated rings. The third kappa shape index (κ3) is 2.00. The Morgan fingerprint density at radius 2 is 2.24 bits per heavy atom. The van der Waals surface area contributed by atoms with Crippen molar-refractivity contribution in [2.75, 3.05) is 6.61 Å². The normalized spacial score (nSPS) is 32.9. The van der Waals surface area contributed by atoms with Crippen LogP contribution in [0.3, 0.4) is 0 Å². The van der Waals surface area contributed by atoms with Crippen molar-refractivity contribution in [1.29, 1.82) is 0 Å². The molecule has 2 heterocycles. The molecular formula is C8H12N4O5. The van der Waals surface area contributed by atoms with Gasteiger partial charge in [0.15, 0.2) is 11.9 Å². The molecule has 0 saturated carbocycles. The fraction of sp³-hybridized carbons (Fsp3) is 0.625. The van der Waals surface area contributed by atoms with E-state index in [2.05, 4.69) is 10.3 Å². The zero-order chi connectivity index (χ0) is 12.6. The van der Waals surface area contributed by atoms with Gasteiger partial charge in [-0.25, -0.2) is 4.68 Å². The molecule has 0 unspecified atom stereocenters. The number of amides is 1.